The lowest BCUT2D eigenvalue weighted by Crippen LogP contribution is -2.39. The van der Waals surface area contributed by atoms with Gasteiger partial charge < -0.3 is 4.74 Å². The molecule has 1 saturated heterocycles. The molecule has 1 heteroatoms. The van der Waals surface area contributed by atoms with Gasteiger partial charge in [0.2, 0.25) is 0 Å². The third-order valence-corrected chi connectivity index (χ3v) is 7.64. The van der Waals surface area contributed by atoms with E-state index in [0.29, 0.717) is 21.8 Å². The zero-order valence-corrected chi connectivity index (χ0v) is 10.9. The normalized spacial score (nSPS) is 67.3. The van der Waals surface area contributed by atoms with Crippen molar-refractivity contribution in [1.29, 1.82) is 0 Å². The van der Waals surface area contributed by atoms with Gasteiger partial charge >= 0.3 is 0 Å². The van der Waals surface area contributed by atoms with Crippen molar-refractivity contribution >= 4 is 0 Å². The van der Waals surface area contributed by atoms with Crippen molar-refractivity contribution in [3.8, 4) is 0 Å². The molecule has 0 aromatic rings. The molecule has 3 aliphatic carbocycles. The van der Waals surface area contributed by atoms with Crippen molar-refractivity contribution in [1.82, 2.24) is 0 Å². The molecule has 4 fully saturated rings. The van der Waals surface area contributed by atoms with Crippen LogP contribution < -0.4 is 0 Å². The summed E-state index contributed by atoms with van der Waals surface area (Å²) in [6.07, 6.45) is 8.57. The quantitative estimate of drug-likeness (QED) is 0.566. The Morgan fingerprint density at radius 1 is 1.00 bits per heavy atom. The average Bonchev–Trinajstić information content (AvgIpc) is 2.91. The van der Waals surface area contributed by atoms with E-state index in [0.717, 1.165) is 12.5 Å². The third-order valence-electron chi connectivity index (χ3n) is 7.64. The molecule has 0 unspecified atom stereocenters. The maximum Gasteiger partial charge on any atom is 0.0950 e. The Kier molecular flexibility index (Phi) is 1.48. The Labute approximate surface area is 98.9 Å². The first kappa shape index (κ1) is 9.94. The summed E-state index contributed by atoms with van der Waals surface area (Å²) in [4.78, 5) is 0. The van der Waals surface area contributed by atoms with Gasteiger partial charge in [-0.1, -0.05) is 27.2 Å². The van der Waals surface area contributed by atoms with Crippen LogP contribution in [0, 0.1) is 22.2 Å². The van der Waals surface area contributed by atoms with Gasteiger partial charge in [-0.05, 0) is 54.3 Å². The molecule has 2 bridgehead atoms. The molecule has 1 spiro atoms. The molecule has 16 heavy (non-hydrogen) atoms. The highest BCUT2D eigenvalue weighted by Gasteiger charge is 2.75. The molecular formula is C15H24O. The predicted octanol–water partition coefficient (Wildman–Crippen LogP) is 3.77. The highest BCUT2D eigenvalue weighted by molar-refractivity contribution is 5.24. The summed E-state index contributed by atoms with van der Waals surface area (Å²) >= 11 is 0. The van der Waals surface area contributed by atoms with E-state index in [9.17, 15) is 0 Å². The fraction of sp³-hybridized carbons (Fsp3) is 1.00. The number of fused-ring (bicyclic) bond motifs is 6. The summed E-state index contributed by atoms with van der Waals surface area (Å²) < 4.78 is 5.93. The maximum atomic E-state index is 5.93. The highest BCUT2D eigenvalue weighted by Crippen LogP contribution is 2.79. The average molecular weight is 220 g/mol. The minimum absolute atomic E-state index is 0.344. The summed E-state index contributed by atoms with van der Waals surface area (Å²) in [7, 11) is 0. The lowest BCUT2D eigenvalue weighted by atomic mass is 9.59. The molecule has 3 saturated carbocycles. The Morgan fingerprint density at radius 2 is 1.75 bits per heavy atom. The molecule has 1 aliphatic heterocycles. The van der Waals surface area contributed by atoms with Crippen LogP contribution in [-0.4, -0.2) is 12.2 Å². The van der Waals surface area contributed by atoms with Crippen LogP contribution in [0.3, 0.4) is 0 Å². The first-order valence-electron chi connectivity index (χ1n) is 7.10. The third kappa shape index (κ3) is 0.776. The molecule has 0 aromatic heterocycles. The van der Waals surface area contributed by atoms with Crippen LogP contribution in [-0.2, 0) is 4.74 Å². The van der Waals surface area contributed by atoms with E-state index >= 15 is 0 Å². The second-order valence-corrected chi connectivity index (χ2v) is 7.77. The van der Waals surface area contributed by atoms with E-state index in [1.165, 1.54) is 38.5 Å². The monoisotopic (exact) mass is 220 g/mol. The Bertz CT molecular complexity index is 358. The molecule has 4 aliphatic rings. The van der Waals surface area contributed by atoms with Crippen LogP contribution in [0.4, 0.5) is 0 Å². The van der Waals surface area contributed by atoms with Gasteiger partial charge in [0.05, 0.1) is 12.2 Å². The summed E-state index contributed by atoms with van der Waals surface area (Å²) in [5.41, 5.74) is 2.13. The van der Waals surface area contributed by atoms with Gasteiger partial charge in [0, 0.05) is 0 Å². The standard InChI is InChI=1S/C15H24O/c1-12-7-8-15(10-16-15)11(9-12)13(2)5-4-6-14(12,13)3/h11H,4-10H2,1-3H3/t11-,12+,13-,14+,15+/m0/s1. The van der Waals surface area contributed by atoms with E-state index in [4.69, 9.17) is 4.74 Å². The first-order chi connectivity index (χ1) is 7.46. The van der Waals surface area contributed by atoms with Crippen LogP contribution in [0.15, 0.2) is 0 Å². The van der Waals surface area contributed by atoms with Gasteiger partial charge in [0.1, 0.15) is 0 Å². The lowest BCUT2D eigenvalue weighted by Gasteiger charge is -2.45. The minimum atomic E-state index is 0.344. The summed E-state index contributed by atoms with van der Waals surface area (Å²) in [6.45, 7) is 8.83. The van der Waals surface area contributed by atoms with Crippen molar-refractivity contribution in [2.24, 2.45) is 22.2 Å². The molecule has 0 N–H and O–H groups in total. The van der Waals surface area contributed by atoms with E-state index in [1.807, 2.05) is 0 Å². The van der Waals surface area contributed by atoms with Crippen LogP contribution in [0.1, 0.15) is 59.3 Å². The van der Waals surface area contributed by atoms with Gasteiger partial charge in [0.15, 0.2) is 0 Å². The molecule has 0 aromatic carbocycles. The number of ether oxygens (including phenoxy) is 1. The Morgan fingerprint density at radius 3 is 2.44 bits per heavy atom. The van der Waals surface area contributed by atoms with Crippen molar-refractivity contribution in [2.45, 2.75) is 64.9 Å². The van der Waals surface area contributed by atoms with Gasteiger partial charge in [0.25, 0.3) is 0 Å². The summed E-state index contributed by atoms with van der Waals surface area (Å²) in [6, 6.07) is 0. The number of hydrogen-bond acceptors (Lipinski definition) is 1. The summed E-state index contributed by atoms with van der Waals surface area (Å²) in [5.74, 6) is 0.867. The zero-order valence-electron chi connectivity index (χ0n) is 10.9. The van der Waals surface area contributed by atoms with Gasteiger partial charge in [-0.15, -0.1) is 0 Å². The molecule has 0 radical (unpaired) electrons. The molecule has 1 nitrogen and oxygen atoms in total. The smallest absolute Gasteiger partial charge is 0.0950 e. The SMILES string of the molecule is C[C@@]12CC[C@@]3(CO3)[C@@H](C1)[C@]1(C)CCC[C@]21C. The molecule has 4 rings (SSSR count). The topological polar surface area (TPSA) is 12.5 Å². The van der Waals surface area contributed by atoms with E-state index in [1.54, 1.807) is 0 Å². The number of hydrogen-bond donors (Lipinski definition) is 0. The number of rotatable bonds is 0. The van der Waals surface area contributed by atoms with Crippen molar-refractivity contribution in [3.05, 3.63) is 0 Å². The van der Waals surface area contributed by atoms with Crippen molar-refractivity contribution in [3.63, 3.8) is 0 Å². The van der Waals surface area contributed by atoms with Crippen LogP contribution in [0.2, 0.25) is 0 Å². The second kappa shape index (κ2) is 2.39. The fourth-order valence-electron chi connectivity index (χ4n) is 6.07. The van der Waals surface area contributed by atoms with Crippen LogP contribution in [0.5, 0.6) is 0 Å². The van der Waals surface area contributed by atoms with Gasteiger partial charge in [-0.3, -0.25) is 0 Å². The van der Waals surface area contributed by atoms with Crippen molar-refractivity contribution in [2.75, 3.05) is 6.61 Å². The molecule has 90 valence electrons. The summed E-state index contributed by atoms with van der Waals surface area (Å²) in [5, 5.41) is 0. The molecule has 1 heterocycles. The molecule has 5 atom stereocenters. The zero-order chi connectivity index (χ0) is 11.2. The predicted molar refractivity (Wildman–Crippen MR) is 64.2 cm³/mol. The maximum absolute atomic E-state index is 5.93. The molecular weight excluding hydrogens is 196 g/mol. The van der Waals surface area contributed by atoms with E-state index < -0.39 is 0 Å². The lowest BCUT2D eigenvalue weighted by molar-refractivity contribution is 0.0308. The van der Waals surface area contributed by atoms with E-state index in [-0.39, 0.29) is 0 Å². The second-order valence-electron chi connectivity index (χ2n) is 7.77. The Hall–Kier alpha value is -0.0400. The van der Waals surface area contributed by atoms with Gasteiger partial charge in [-0.25, -0.2) is 0 Å². The number of epoxide rings is 1. The van der Waals surface area contributed by atoms with E-state index in [2.05, 4.69) is 20.8 Å². The highest BCUT2D eigenvalue weighted by atomic mass is 16.6. The minimum Gasteiger partial charge on any atom is -0.369 e. The Balaban J connectivity index is 1.89. The van der Waals surface area contributed by atoms with Crippen LogP contribution in [0.25, 0.3) is 0 Å². The molecule has 0 amide bonds. The van der Waals surface area contributed by atoms with Crippen LogP contribution >= 0.6 is 0 Å². The van der Waals surface area contributed by atoms with Gasteiger partial charge in [-0.2, -0.15) is 0 Å². The fourth-order valence-corrected chi connectivity index (χ4v) is 6.07. The first-order valence-corrected chi connectivity index (χ1v) is 7.10. The van der Waals surface area contributed by atoms with Crippen molar-refractivity contribution < 1.29 is 4.74 Å². The largest absolute Gasteiger partial charge is 0.369 e.